The van der Waals surface area contributed by atoms with Gasteiger partial charge in [-0.05, 0) is 79.3 Å². The Morgan fingerprint density at radius 1 is 1.04 bits per heavy atom. The normalized spacial score (nSPS) is 21.2. The van der Waals surface area contributed by atoms with E-state index in [-0.39, 0.29) is 42.4 Å². The Bertz CT molecular complexity index is 2290. The zero-order valence-corrected chi connectivity index (χ0v) is 31.3. The monoisotopic (exact) mass is 789 g/mol. The number of carboxylic acids is 1. The largest absolute Gasteiger partial charge is 0.477 e. The minimum atomic E-state index is -1.22. The maximum absolute atomic E-state index is 13.6. The van der Waals surface area contributed by atoms with Crippen LogP contribution >= 0.6 is 23.2 Å². The number of likely N-dealkylation sites (tertiary alicyclic amines) is 1. The van der Waals surface area contributed by atoms with E-state index >= 15 is 0 Å². The lowest BCUT2D eigenvalue weighted by Gasteiger charge is -2.46. The van der Waals surface area contributed by atoms with Crippen molar-refractivity contribution in [3.05, 3.63) is 97.9 Å². The second-order valence-electron chi connectivity index (χ2n) is 13.9. The third kappa shape index (κ3) is 7.36. The Labute approximate surface area is 324 Å². The highest BCUT2D eigenvalue weighted by atomic mass is 35.5. The number of nitrogens with one attached hydrogen (secondary N) is 2. The van der Waals surface area contributed by atoms with Gasteiger partial charge in [0.15, 0.2) is 0 Å². The first-order valence-corrected chi connectivity index (χ1v) is 18.5. The number of carboxylic acid groups (broad SMARTS) is 1. The van der Waals surface area contributed by atoms with Crippen molar-refractivity contribution in [3.8, 4) is 17.1 Å². The zero-order valence-electron chi connectivity index (χ0n) is 29.8. The van der Waals surface area contributed by atoms with Crippen LogP contribution in [0, 0.1) is 11.8 Å². The predicted molar refractivity (Wildman–Crippen MR) is 202 cm³/mol. The number of alkyl carbamates (subject to hydrolysis) is 1. The molecule has 5 unspecified atom stereocenters. The summed E-state index contributed by atoms with van der Waals surface area (Å²) in [5, 5.41) is 23.9. The van der Waals surface area contributed by atoms with E-state index in [1.165, 1.54) is 24.0 Å². The highest BCUT2D eigenvalue weighted by Crippen LogP contribution is 2.50. The number of aliphatic hydroxyl groups excluding tert-OH is 1. The van der Waals surface area contributed by atoms with Crippen molar-refractivity contribution in [2.75, 3.05) is 13.1 Å². The lowest BCUT2D eigenvalue weighted by Crippen LogP contribution is -2.63. The minimum Gasteiger partial charge on any atom is -0.477 e. The van der Waals surface area contributed by atoms with Crippen LogP contribution in [0.1, 0.15) is 44.2 Å². The van der Waals surface area contributed by atoms with Gasteiger partial charge in [-0.1, -0.05) is 54.4 Å². The maximum atomic E-state index is 13.6. The number of aliphatic hydroxyl groups is 1. The summed E-state index contributed by atoms with van der Waals surface area (Å²) in [6.07, 6.45) is -0.0539. The Kier molecular flexibility index (Phi) is 10.6. The van der Waals surface area contributed by atoms with Gasteiger partial charge in [0.1, 0.15) is 23.9 Å². The molecular weight excluding hydrogens is 753 g/mol. The molecule has 0 saturated carbocycles. The fourth-order valence-corrected chi connectivity index (χ4v) is 8.10. The first kappa shape index (κ1) is 37.9. The summed E-state index contributed by atoms with van der Waals surface area (Å²) in [5.41, 5.74) is 1.97. The molecule has 1 aromatic heterocycles. The zero-order chi connectivity index (χ0) is 39.1. The van der Waals surface area contributed by atoms with Gasteiger partial charge in [0.2, 0.25) is 5.91 Å². The molecule has 4 aromatic rings. The van der Waals surface area contributed by atoms with Crippen molar-refractivity contribution in [2.45, 2.75) is 57.9 Å². The van der Waals surface area contributed by atoms with Crippen molar-refractivity contribution in [2.24, 2.45) is 11.8 Å². The second kappa shape index (κ2) is 15.4. The van der Waals surface area contributed by atoms with Crippen molar-refractivity contribution in [1.82, 2.24) is 25.1 Å². The number of hydrogen-bond acceptors (Lipinski definition) is 9. The quantitative estimate of drug-likeness (QED) is 0.150. The lowest BCUT2D eigenvalue weighted by molar-refractivity contribution is -0.163. The van der Waals surface area contributed by atoms with Crippen LogP contribution in [-0.2, 0) is 20.9 Å². The predicted octanol–water partition coefficient (Wildman–Crippen LogP) is 5.83. The standard InChI is InChI=1S/C39H37Cl2N5O9/c1-19-30(33(37(50)51)46-32(19)31(20(2)47)36(46)49)22-8-6-21(7-9-22)18-54-38(52)42-17-25-5-3-4-14-45(25)39(53)55-29-13-11-24(41)16-27(29)34-43-28-12-10-23(40)15-26(28)35(48)44-34/h6-13,15-16,19-20,25,31-32,47H,3-5,14,17-18H2,1-2H3,(H,42,52)(H,50,51)(H,43,44,48). The van der Waals surface area contributed by atoms with Crippen LogP contribution in [0.2, 0.25) is 10.0 Å². The van der Waals surface area contributed by atoms with Crippen LogP contribution in [-0.4, -0.2) is 85.3 Å². The fourth-order valence-electron chi connectivity index (χ4n) is 7.75. The van der Waals surface area contributed by atoms with E-state index in [1.807, 2.05) is 6.92 Å². The van der Waals surface area contributed by atoms with Crippen molar-refractivity contribution < 1.29 is 38.9 Å². The maximum Gasteiger partial charge on any atom is 0.415 e. The van der Waals surface area contributed by atoms with Crippen LogP contribution in [0.3, 0.4) is 0 Å². The van der Waals surface area contributed by atoms with Gasteiger partial charge in [-0.25, -0.2) is 19.4 Å². The van der Waals surface area contributed by atoms with Crippen molar-refractivity contribution in [3.63, 3.8) is 0 Å². The summed E-state index contributed by atoms with van der Waals surface area (Å²) < 4.78 is 11.3. The molecule has 3 amide bonds. The number of carbonyl (C=O) groups excluding carboxylic acids is 3. The highest BCUT2D eigenvalue weighted by Gasteiger charge is 2.60. The summed E-state index contributed by atoms with van der Waals surface area (Å²) >= 11 is 12.3. The molecule has 55 heavy (non-hydrogen) atoms. The molecule has 14 nitrogen and oxygen atoms in total. The summed E-state index contributed by atoms with van der Waals surface area (Å²) in [7, 11) is 0. The van der Waals surface area contributed by atoms with Gasteiger partial charge in [0.25, 0.3) is 5.56 Å². The number of nitrogens with zero attached hydrogens (tertiary/aromatic N) is 3. The number of H-pyrrole nitrogens is 1. The molecule has 16 heteroatoms. The van der Waals surface area contributed by atoms with Gasteiger partial charge in [0, 0.05) is 29.1 Å². The average molecular weight is 791 g/mol. The van der Waals surface area contributed by atoms with E-state index in [9.17, 15) is 34.2 Å². The summed E-state index contributed by atoms with van der Waals surface area (Å²) in [4.78, 5) is 74.2. The lowest BCUT2D eigenvalue weighted by atomic mass is 9.77. The molecular formula is C39H37Cl2N5O9. The summed E-state index contributed by atoms with van der Waals surface area (Å²) in [6, 6.07) is 15.4. The van der Waals surface area contributed by atoms with Crippen molar-refractivity contribution in [1.29, 1.82) is 0 Å². The van der Waals surface area contributed by atoms with Crippen LogP contribution in [0.25, 0.3) is 27.9 Å². The molecule has 5 atom stereocenters. The van der Waals surface area contributed by atoms with E-state index in [1.54, 1.807) is 53.4 Å². The Morgan fingerprint density at radius 3 is 2.49 bits per heavy atom. The van der Waals surface area contributed by atoms with Gasteiger partial charge in [-0.2, -0.15) is 0 Å². The number of rotatable bonds is 9. The molecule has 286 valence electrons. The molecule has 0 radical (unpaired) electrons. The SMILES string of the molecule is CC(O)C1C(=O)N2C(C(=O)O)=C(c3ccc(COC(=O)NCC4CCCCN4C(=O)Oc4ccc(Cl)cc4-c4nc5ccc(Cl)cc5c(=O)[nH]4)cc3)C(C)C12. The summed E-state index contributed by atoms with van der Waals surface area (Å²) in [5.74, 6) is -2.31. The van der Waals surface area contributed by atoms with Crippen LogP contribution < -0.4 is 15.6 Å². The minimum absolute atomic E-state index is 0.0719. The molecule has 2 fully saturated rings. The Hall–Kier alpha value is -5.44. The molecule has 0 aliphatic carbocycles. The number of fused-ring (bicyclic) bond motifs is 2. The van der Waals surface area contributed by atoms with Gasteiger partial charge < -0.3 is 39.8 Å². The van der Waals surface area contributed by atoms with Gasteiger partial charge >= 0.3 is 18.2 Å². The van der Waals surface area contributed by atoms with E-state index in [0.29, 0.717) is 56.2 Å². The third-order valence-corrected chi connectivity index (χ3v) is 10.9. The molecule has 2 saturated heterocycles. The Morgan fingerprint density at radius 2 is 1.76 bits per heavy atom. The molecule has 3 aliphatic rings. The number of aromatic nitrogens is 2. The van der Waals surface area contributed by atoms with Crippen molar-refractivity contribution >= 4 is 63.7 Å². The number of carbonyl (C=O) groups is 4. The number of benzene rings is 3. The van der Waals surface area contributed by atoms with E-state index in [0.717, 1.165) is 12.8 Å². The molecule has 0 bridgehead atoms. The molecule has 7 rings (SSSR count). The molecule has 4 N–H and O–H groups in total. The number of ether oxygens (including phenoxy) is 2. The molecule has 3 aromatic carbocycles. The van der Waals surface area contributed by atoms with E-state index in [2.05, 4.69) is 15.3 Å². The molecule has 3 aliphatic heterocycles. The molecule has 4 heterocycles. The summed E-state index contributed by atoms with van der Waals surface area (Å²) in [6.45, 7) is 3.81. The van der Waals surface area contributed by atoms with E-state index < -0.39 is 47.7 Å². The number of piperidine rings is 1. The Balaban J connectivity index is 0.973. The van der Waals surface area contributed by atoms with Crippen LogP contribution in [0.15, 0.2) is 71.2 Å². The first-order valence-electron chi connectivity index (χ1n) is 17.8. The first-order chi connectivity index (χ1) is 26.3. The van der Waals surface area contributed by atoms with Gasteiger partial charge in [-0.3, -0.25) is 9.59 Å². The topological polar surface area (TPSA) is 191 Å². The average Bonchev–Trinajstić information content (AvgIpc) is 3.42. The number of aliphatic carboxylic acids is 1. The van der Waals surface area contributed by atoms with Crippen LogP contribution in [0.4, 0.5) is 9.59 Å². The fraction of sp³-hybridized carbons (Fsp3) is 0.333. The number of amides is 3. The van der Waals surface area contributed by atoms with E-state index in [4.69, 9.17) is 32.7 Å². The number of aromatic amines is 1. The highest BCUT2D eigenvalue weighted by molar-refractivity contribution is 6.31. The van der Waals surface area contributed by atoms with Gasteiger partial charge in [0.05, 0.1) is 40.6 Å². The number of hydrogen-bond donors (Lipinski definition) is 4. The smallest absolute Gasteiger partial charge is 0.415 e. The van der Waals surface area contributed by atoms with Gasteiger partial charge in [-0.15, -0.1) is 0 Å². The number of β-lactam (4-membered cyclic amide) rings is 1. The van der Waals surface area contributed by atoms with Crippen LogP contribution in [0.5, 0.6) is 5.75 Å². The number of halogens is 2. The third-order valence-electron chi connectivity index (χ3n) is 10.4. The second-order valence-corrected chi connectivity index (χ2v) is 14.8. The molecule has 0 spiro atoms.